The minimum Gasteiger partial charge on any atom is -0.268 e. The Hall–Kier alpha value is -1.55. The molecule has 6 heteroatoms. The van der Waals surface area contributed by atoms with E-state index < -0.39 is 0 Å². The van der Waals surface area contributed by atoms with Gasteiger partial charge < -0.3 is 0 Å². The molecule has 3 nitrogen and oxygen atoms in total. The second-order valence-corrected chi connectivity index (χ2v) is 5.26. The summed E-state index contributed by atoms with van der Waals surface area (Å²) < 4.78 is 1.50. The molecular formula is C15H11Cl3N2O. The number of aryl methyl sites for hydroxylation is 1. The summed E-state index contributed by atoms with van der Waals surface area (Å²) in [6, 6.07) is 12.3. The highest BCUT2D eigenvalue weighted by Gasteiger charge is 2.12. The fourth-order valence-electron chi connectivity index (χ4n) is 2.19. The van der Waals surface area contributed by atoms with Crippen molar-refractivity contribution in [3.8, 4) is 5.69 Å². The van der Waals surface area contributed by atoms with E-state index in [0.717, 1.165) is 0 Å². The van der Waals surface area contributed by atoms with Crippen molar-refractivity contribution in [2.75, 3.05) is 0 Å². The van der Waals surface area contributed by atoms with Gasteiger partial charge in [-0.15, -0.1) is 12.4 Å². The number of para-hydroxylation sites is 1. The van der Waals surface area contributed by atoms with Crippen molar-refractivity contribution >= 4 is 46.5 Å². The number of hydrogen-bond donors (Lipinski definition) is 0. The van der Waals surface area contributed by atoms with Crippen molar-refractivity contribution in [2.24, 2.45) is 0 Å². The number of aromatic nitrogens is 2. The molecule has 0 fully saturated rings. The fraction of sp³-hybridized carbons (Fsp3) is 0.0667. The normalized spacial score (nSPS) is 10.4. The fourth-order valence-corrected chi connectivity index (χ4v) is 2.68. The van der Waals surface area contributed by atoms with Crippen molar-refractivity contribution in [3.05, 3.63) is 68.7 Å². The lowest BCUT2D eigenvalue weighted by atomic mass is 10.2. The molecule has 108 valence electrons. The van der Waals surface area contributed by atoms with Crippen molar-refractivity contribution in [1.82, 2.24) is 9.55 Å². The molecule has 0 saturated carbocycles. The summed E-state index contributed by atoms with van der Waals surface area (Å²) in [5, 5.41) is 1.50. The van der Waals surface area contributed by atoms with E-state index in [2.05, 4.69) is 4.98 Å². The van der Waals surface area contributed by atoms with Crippen LogP contribution in [0.3, 0.4) is 0 Å². The molecular weight excluding hydrogens is 331 g/mol. The van der Waals surface area contributed by atoms with Crippen LogP contribution in [0.4, 0.5) is 0 Å². The van der Waals surface area contributed by atoms with Crippen LogP contribution in [0.2, 0.25) is 10.0 Å². The predicted octanol–water partition coefficient (Wildman–Crippen LogP) is 4.42. The Kier molecular flexibility index (Phi) is 4.57. The molecule has 0 amide bonds. The Bertz CT molecular complexity index is 874. The summed E-state index contributed by atoms with van der Waals surface area (Å²) in [7, 11) is 0. The summed E-state index contributed by atoms with van der Waals surface area (Å²) in [5.41, 5.74) is 1.12. The molecule has 0 aliphatic carbocycles. The molecule has 21 heavy (non-hydrogen) atoms. The van der Waals surface area contributed by atoms with Gasteiger partial charge in [-0.05, 0) is 37.3 Å². The summed E-state index contributed by atoms with van der Waals surface area (Å²) >= 11 is 12.1. The molecule has 2 aromatic carbocycles. The third-order valence-electron chi connectivity index (χ3n) is 3.09. The maximum Gasteiger partial charge on any atom is 0.266 e. The average molecular weight is 342 g/mol. The number of rotatable bonds is 1. The van der Waals surface area contributed by atoms with Crippen molar-refractivity contribution < 1.29 is 0 Å². The number of nitrogens with zero attached hydrogens (tertiary/aromatic N) is 2. The number of benzene rings is 2. The monoisotopic (exact) mass is 340 g/mol. The van der Waals surface area contributed by atoms with Gasteiger partial charge in [-0.25, -0.2) is 4.98 Å². The number of fused-ring (bicyclic) bond motifs is 1. The highest BCUT2D eigenvalue weighted by Crippen LogP contribution is 2.24. The van der Waals surface area contributed by atoms with Crippen LogP contribution in [0, 0.1) is 6.92 Å². The van der Waals surface area contributed by atoms with E-state index in [-0.39, 0.29) is 18.0 Å². The van der Waals surface area contributed by atoms with Gasteiger partial charge in [0.1, 0.15) is 5.82 Å². The van der Waals surface area contributed by atoms with Gasteiger partial charge in [-0.1, -0.05) is 35.3 Å². The van der Waals surface area contributed by atoms with E-state index in [1.54, 1.807) is 31.2 Å². The van der Waals surface area contributed by atoms with E-state index in [9.17, 15) is 4.79 Å². The average Bonchev–Trinajstić information content (AvgIpc) is 2.41. The summed E-state index contributed by atoms with van der Waals surface area (Å²) in [6.07, 6.45) is 0. The molecule has 0 saturated heterocycles. The molecule has 3 rings (SSSR count). The second-order valence-electron chi connectivity index (χ2n) is 4.41. The highest BCUT2D eigenvalue weighted by molar-refractivity contribution is 6.35. The Morgan fingerprint density at radius 3 is 2.52 bits per heavy atom. The Labute approximate surface area is 137 Å². The summed E-state index contributed by atoms with van der Waals surface area (Å²) in [4.78, 5) is 17.1. The first-order valence-electron chi connectivity index (χ1n) is 6.02. The second kappa shape index (κ2) is 6.06. The molecule has 0 aliphatic rings. The van der Waals surface area contributed by atoms with Crippen LogP contribution in [0.25, 0.3) is 16.6 Å². The Morgan fingerprint density at radius 2 is 1.81 bits per heavy atom. The third kappa shape index (κ3) is 2.77. The van der Waals surface area contributed by atoms with Gasteiger partial charge in [0.25, 0.3) is 5.56 Å². The first-order chi connectivity index (χ1) is 9.58. The maximum atomic E-state index is 12.6. The van der Waals surface area contributed by atoms with E-state index >= 15 is 0 Å². The van der Waals surface area contributed by atoms with Crippen LogP contribution in [-0.2, 0) is 0 Å². The van der Waals surface area contributed by atoms with Gasteiger partial charge in [0.15, 0.2) is 0 Å². The number of hydrogen-bond acceptors (Lipinski definition) is 2. The molecule has 0 unspecified atom stereocenters. The Balaban J connectivity index is 0.00000161. The molecule has 0 atom stereocenters. The zero-order valence-electron chi connectivity index (χ0n) is 11.0. The Morgan fingerprint density at radius 1 is 1.10 bits per heavy atom. The molecule has 0 aliphatic heterocycles. The van der Waals surface area contributed by atoms with Crippen LogP contribution in [0.15, 0.2) is 47.3 Å². The zero-order chi connectivity index (χ0) is 14.3. The minimum atomic E-state index is -0.141. The maximum absolute atomic E-state index is 12.6. The van der Waals surface area contributed by atoms with Crippen LogP contribution in [0.1, 0.15) is 5.82 Å². The zero-order valence-corrected chi connectivity index (χ0v) is 13.3. The van der Waals surface area contributed by atoms with E-state index in [4.69, 9.17) is 23.2 Å². The largest absolute Gasteiger partial charge is 0.268 e. The van der Waals surface area contributed by atoms with Crippen molar-refractivity contribution in [2.45, 2.75) is 6.92 Å². The van der Waals surface area contributed by atoms with Gasteiger partial charge >= 0.3 is 0 Å². The van der Waals surface area contributed by atoms with E-state index in [1.165, 1.54) is 4.57 Å². The summed E-state index contributed by atoms with van der Waals surface area (Å²) in [5.74, 6) is 0.581. The highest BCUT2D eigenvalue weighted by atomic mass is 35.5. The quantitative estimate of drug-likeness (QED) is 0.656. The van der Waals surface area contributed by atoms with Crippen molar-refractivity contribution in [1.29, 1.82) is 0 Å². The van der Waals surface area contributed by atoms with Crippen LogP contribution >= 0.6 is 35.6 Å². The van der Waals surface area contributed by atoms with Crippen LogP contribution in [0.5, 0.6) is 0 Å². The smallest absolute Gasteiger partial charge is 0.266 e. The standard InChI is InChI=1S/C15H10Cl2N2O.ClH/c1-9-18-13-5-3-2-4-11(13)15(20)19(9)14-7-6-10(16)8-12(14)17;/h2-8H,1H3;1H. The first kappa shape index (κ1) is 15.8. The molecule has 0 radical (unpaired) electrons. The van der Waals surface area contributed by atoms with Gasteiger partial charge in [-0.3, -0.25) is 9.36 Å². The number of halogens is 3. The van der Waals surface area contributed by atoms with E-state index in [0.29, 0.717) is 32.5 Å². The minimum absolute atomic E-state index is 0. The molecule has 3 aromatic rings. The molecule has 0 spiro atoms. The van der Waals surface area contributed by atoms with Crippen LogP contribution in [-0.4, -0.2) is 9.55 Å². The van der Waals surface area contributed by atoms with Gasteiger partial charge in [0, 0.05) is 5.02 Å². The predicted molar refractivity (Wildman–Crippen MR) is 89.3 cm³/mol. The first-order valence-corrected chi connectivity index (χ1v) is 6.77. The topological polar surface area (TPSA) is 34.9 Å². The summed E-state index contributed by atoms with van der Waals surface area (Å²) in [6.45, 7) is 1.78. The molecule has 1 heterocycles. The lowest BCUT2D eigenvalue weighted by molar-refractivity contribution is 0.895. The van der Waals surface area contributed by atoms with Gasteiger partial charge in [0.2, 0.25) is 0 Å². The molecule has 1 aromatic heterocycles. The van der Waals surface area contributed by atoms with Crippen LogP contribution < -0.4 is 5.56 Å². The van der Waals surface area contributed by atoms with Crippen molar-refractivity contribution in [3.63, 3.8) is 0 Å². The lowest BCUT2D eigenvalue weighted by Crippen LogP contribution is -2.22. The molecule has 0 bridgehead atoms. The van der Waals surface area contributed by atoms with E-state index in [1.807, 2.05) is 18.2 Å². The lowest BCUT2D eigenvalue weighted by Gasteiger charge is -2.12. The molecule has 0 N–H and O–H groups in total. The van der Waals surface area contributed by atoms with Gasteiger partial charge in [0.05, 0.1) is 21.6 Å². The van der Waals surface area contributed by atoms with Gasteiger partial charge in [-0.2, -0.15) is 0 Å². The SMILES string of the molecule is Cc1nc2ccccc2c(=O)n1-c1ccc(Cl)cc1Cl.Cl. The third-order valence-corrected chi connectivity index (χ3v) is 3.63.